The maximum atomic E-state index is 12.4. The molecule has 0 aliphatic carbocycles. The number of nitrogens with zero attached hydrogens (tertiary/aromatic N) is 1. The van der Waals surface area contributed by atoms with Crippen LogP contribution >= 0.6 is 0 Å². The standard InChI is InChI=1S/C22H19N3O/c26-22(21-12-6-7-13-23-21)25-14-18(16-8-2-1-3-9-16)19-15-24-20-11-5-4-10-17(19)20/h1-13,15,18,24H,14H2,(H,25,26)/t18-/m0/s1. The van der Waals surface area contributed by atoms with Crippen molar-refractivity contribution in [3.05, 3.63) is 102 Å². The number of hydrogen-bond donors (Lipinski definition) is 2. The van der Waals surface area contributed by atoms with Crippen LogP contribution in [0.1, 0.15) is 27.5 Å². The average molecular weight is 341 g/mol. The number of para-hydroxylation sites is 1. The molecule has 2 aromatic carbocycles. The van der Waals surface area contributed by atoms with E-state index in [0.29, 0.717) is 12.2 Å². The average Bonchev–Trinajstić information content (AvgIpc) is 3.14. The van der Waals surface area contributed by atoms with Crippen LogP contribution in [-0.2, 0) is 0 Å². The molecule has 0 bridgehead atoms. The molecule has 1 atom stereocenters. The molecule has 4 aromatic rings. The molecule has 0 saturated carbocycles. The maximum Gasteiger partial charge on any atom is 0.269 e. The molecular weight excluding hydrogens is 322 g/mol. The molecule has 0 fully saturated rings. The van der Waals surface area contributed by atoms with Gasteiger partial charge in [0.05, 0.1) is 0 Å². The first-order valence-corrected chi connectivity index (χ1v) is 8.63. The molecule has 0 aliphatic heterocycles. The van der Waals surface area contributed by atoms with Gasteiger partial charge in [-0.1, -0.05) is 54.6 Å². The highest BCUT2D eigenvalue weighted by Gasteiger charge is 2.19. The van der Waals surface area contributed by atoms with Crippen molar-refractivity contribution in [1.82, 2.24) is 15.3 Å². The van der Waals surface area contributed by atoms with E-state index in [4.69, 9.17) is 0 Å². The Morgan fingerprint density at radius 3 is 2.54 bits per heavy atom. The number of hydrogen-bond acceptors (Lipinski definition) is 2. The SMILES string of the molecule is O=C(NC[C@@H](c1ccccc1)c1c[nH]c2ccccc12)c1ccccn1. The molecule has 0 radical (unpaired) electrons. The van der Waals surface area contributed by atoms with Gasteiger partial charge >= 0.3 is 0 Å². The number of carbonyl (C=O) groups is 1. The molecule has 4 rings (SSSR count). The third-order valence-corrected chi connectivity index (χ3v) is 4.56. The van der Waals surface area contributed by atoms with Crippen molar-refractivity contribution in [3.63, 3.8) is 0 Å². The first-order valence-electron chi connectivity index (χ1n) is 8.63. The van der Waals surface area contributed by atoms with E-state index in [1.807, 2.05) is 42.6 Å². The van der Waals surface area contributed by atoms with Gasteiger partial charge in [0.2, 0.25) is 0 Å². The Morgan fingerprint density at radius 2 is 1.73 bits per heavy atom. The number of carbonyl (C=O) groups excluding carboxylic acids is 1. The predicted octanol–water partition coefficient (Wildman–Crippen LogP) is 4.12. The highest BCUT2D eigenvalue weighted by Crippen LogP contribution is 2.30. The third-order valence-electron chi connectivity index (χ3n) is 4.56. The summed E-state index contributed by atoms with van der Waals surface area (Å²) in [6, 6.07) is 23.8. The van der Waals surface area contributed by atoms with Gasteiger partial charge in [-0.05, 0) is 29.3 Å². The molecule has 4 nitrogen and oxygen atoms in total. The van der Waals surface area contributed by atoms with Crippen LogP contribution in [0.4, 0.5) is 0 Å². The van der Waals surface area contributed by atoms with Crippen molar-refractivity contribution in [3.8, 4) is 0 Å². The summed E-state index contributed by atoms with van der Waals surface area (Å²) in [5.74, 6) is -0.105. The van der Waals surface area contributed by atoms with E-state index >= 15 is 0 Å². The Bertz CT molecular complexity index is 1010. The summed E-state index contributed by atoms with van der Waals surface area (Å²) in [4.78, 5) is 19.9. The lowest BCUT2D eigenvalue weighted by Crippen LogP contribution is -2.29. The van der Waals surface area contributed by atoms with Gasteiger partial charge in [0.1, 0.15) is 5.69 Å². The highest BCUT2D eigenvalue weighted by atomic mass is 16.1. The van der Waals surface area contributed by atoms with Gasteiger partial charge in [0, 0.05) is 35.8 Å². The van der Waals surface area contributed by atoms with E-state index in [2.05, 4.69) is 39.6 Å². The normalized spacial score (nSPS) is 12.0. The topological polar surface area (TPSA) is 57.8 Å². The molecule has 128 valence electrons. The first-order chi connectivity index (χ1) is 12.8. The van der Waals surface area contributed by atoms with E-state index in [0.717, 1.165) is 5.52 Å². The molecule has 0 spiro atoms. The van der Waals surface area contributed by atoms with Crippen molar-refractivity contribution in [2.45, 2.75) is 5.92 Å². The van der Waals surface area contributed by atoms with Gasteiger partial charge in [0.15, 0.2) is 0 Å². The zero-order chi connectivity index (χ0) is 17.8. The molecule has 0 saturated heterocycles. The summed E-state index contributed by atoms with van der Waals surface area (Å²) >= 11 is 0. The molecular formula is C22H19N3O. The van der Waals surface area contributed by atoms with E-state index < -0.39 is 0 Å². The van der Waals surface area contributed by atoms with E-state index in [-0.39, 0.29) is 11.8 Å². The fraction of sp³-hybridized carbons (Fsp3) is 0.0909. The molecule has 26 heavy (non-hydrogen) atoms. The Morgan fingerprint density at radius 1 is 0.962 bits per heavy atom. The number of benzene rings is 2. The van der Waals surface area contributed by atoms with Gasteiger partial charge in [-0.2, -0.15) is 0 Å². The maximum absolute atomic E-state index is 12.4. The van der Waals surface area contributed by atoms with Crippen LogP contribution in [0.3, 0.4) is 0 Å². The van der Waals surface area contributed by atoms with Crippen molar-refractivity contribution < 1.29 is 4.79 Å². The second-order valence-corrected chi connectivity index (χ2v) is 6.18. The van der Waals surface area contributed by atoms with Crippen molar-refractivity contribution >= 4 is 16.8 Å². The number of nitrogens with one attached hydrogen (secondary N) is 2. The number of aromatic amines is 1. The predicted molar refractivity (Wildman–Crippen MR) is 103 cm³/mol. The Hall–Kier alpha value is -3.40. The lowest BCUT2D eigenvalue weighted by atomic mass is 9.91. The molecule has 2 N–H and O–H groups in total. The largest absolute Gasteiger partial charge is 0.361 e. The van der Waals surface area contributed by atoms with Crippen LogP contribution in [0.2, 0.25) is 0 Å². The Labute approximate surface area is 151 Å². The highest BCUT2D eigenvalue weighted by molar-refractivity contribution is 5.92. The smallest absolute Gasteiger partial charge is 0.269 e. The number of rotatable bonds is 5. The van der Waals surface area contributed by atoms with Gasteiger partial charge in [0.25, 0.3) is 5.91 Å². The van der Waals surface area contributed by atoms with E-state index in [1.165, 1.54) is 16.5 Å². The van der Waals surface area contributed by atoms with Crippen LogP contribution in [0, 0.1) is 0 Å². The van der Waals surface area contributed by atoms with E-state index in [1.54, 1.807) is 18.3 Å². The molecule has 4 heteroatoms. The minimum atomic E-state index is -0.161. The number of aromatic nitrogens is 2. The van der Waals surface area contributed by atoms with Crippen molar-refractivity contribution in [1.29, 1.82) is 0 Å². The van der Waals surface area contributed by atoms with Crippen LogP contribution < -0.4 is 5.32 Å². The minimum Gasteiger partial charge on any atom is -0.361 e. The number of fused-ring (bicyclic) bond motifs is 1. The fourth-order valence-corrected chi connectivity index (χ4v) is 3.26. The van der Waals surface area contributed by atoms with Crippen molar-refractivity contribution in [2.24, 2.45) is 0 Å². The molecule has 2 heterocycles. The second-order valence-electron chi connectivity index (χ2n) is 6.18. The van der Waals surface area contributed by atoms with Gasteiger partial charge in [-0.3, -0.25) is 9.78 Å². The van der Waals surface area contributed by atoms with Gasteiger partial charge in [-0.25, -0.2) is 0 Å². The number of H-pyrrole nitrogens is 1. The summed E-state index contributed by atoms with van der Waals surface area (Å²) in [5.41, 5.74) is 3.87. The summed E-state index contributed by atoms with van der Waals surface area (Å²) in [5, 5.41) is 4.21. The van der Waals surface area contributed by atoms with Gasteiger partial charge < -0.3 is 10.3 Å². The number of pyridine rings is 1. The first kappa shape index (κ1) is 16.1. The summed E-state index contributed by atoms with van der Waals surface area (Å²) in [6.07, 6.45) is 3.67. The van der Waals surface area contributed by atoms with Crippen LogP contribution in [-0.4, -0.2) is 22.4 Å². The third kappa shape index (κ3) is 3.22. The lowest BCUT2D eigenvalue weighted by Gasteiger charge is -2.18. The second kappa shape index (κ2) is 7.23. The zero-order valence-electron chi connectivity index (χ0n) is 14.2. The van der Waals surface area contributed by atoms with Crippen molar-refractivity contribution in [2.75, 3.05) is 6.54 Å². The van der Waals surface area contributed by atoms with Crippen LogP contribution in [0.25, 0.3) is 10.9 Å². The summed E-state index contributed by atoms with van der Waals surface area (Å²) in [6.45, 7) is 0.501. The Balaban J connectivity index is 1.65. The Kier molecular flexibility index (Phi) is 4.48. The minimum absolute atomic E-state index is 0.0556. The van der Waals surface area contributed by atoms with Crippen LogP contribution in [0.5, 0.6) is 0 Å². The van der Waals surface area contributed by atoms with Gasteiger partial charge in [-0.15, -0.1) is 0 Å². The fourth-order valence-electron chi connectivity index (χ4n) is 3.26. The zero-order valence-corrected chi connectivity index (χ0v) is 14.2. The molecule has 0 unspecified atom stereocenters. The number of amides is 1. The summed E-state index contributed by atoms with van der Waals surface area (Å²) < 4.78 is 0. The molecule has 1 amide bonds. The summed E-state index contributed by atoms with van der Waals surface area (Å²) in [7, 11) is 0. The monoisotopic (exact) mass is 341 g/mol. The van der Waals surface area contributed by atoms with Crippen LogP contribution in [0.15, 0.2) is 85.2 Å². The lowest BCUT2D eigenvalue weighted by molar-refractivity contribution is 0.0947. The molecule has 2 aromatic heterocycles. The quantitative estimate of drug-likeness (QED) is 0.573. The van der Waals surface area contributed by atoms with E-state index in [9.17, 15) is 4.79 Å². The molecule has 0 aliphatic rings.